The van der Waals surface area contributed by atoms with Crippen molar-refractivity contribution in [3.63, 3.8) is 0 Å². The van der Waals surface area contributed by atoms with Gasteiger partial charge in [-0.05, 0) is 36.8 Å². The van der Waals surface area contributed by atoms with Crippen molar-refractivity contribution in [2.45, 2.75) is 71.8 Å². The molecule has 0 aliphatic carbocycles. The van der Waals surface area contributed by atoms with Crippen LogP contribution in [0.2, 0.25) is 0 Å². The van der Waals surface area contributed by atoms with Crippen molar-refractivity contribution >= 4 is 12.1 Å². The topological polar surface area (TPSA) is 39.1 Å². The number of unbranched alkanes of at least 4 members (excludes halogenated alkanes) is 4. The van der Waals surface area contributed by atoms with Crippen LogP contribution in [-0.2, 0) is 24.2 Å². The van der Waals surface area contributed by atoms with E-state index in [4.69, 9.17) is 0 Å². The number of hydrogen-bond donors (Lipinski definition) is 0. The molecule has 122 valence electrons. The van der Waals surface area contributed by atoms with Gasteiger partial charge in [-0.3, -0.25) is 9.59 Å². The molecular weight excluding hydrogens is 274 g/mol. The fraction of sp³-hybridized carbons (Fsp3) is 0.579. The molecule has 0 fully saturated rings. The molecule has 0 unspecified atom stereocenters. The quantitative estimate of drug-likeness (QED) is 0.187. The highest BCUT2D eigenvalue weighted by molar-refractivity contribution is 6.33. The molecule has 0 aliphatic rings. The molecule has 0 bridgehead atoms. The minimum atomic E-state index is -0.407. The summed E-state index contributed by atoms with van der Waals surface area (Å²) in [6, 6.07) is 0. The standard InChI is InChI=1S/C19H29NO2/c1-4-7-9-11-16-14-20(13-6-3)19(18(22)15-21)17(16)12-10-8-5-2/h6,14-15H,3-5,7-13H2,1-2H3. The first kappa shape index (κ1) is 18.4. The fourth-order valence-corrected chi connectivity index (χ4v) is 2.90. The Morgan fingerprint density at radius 3 is 2.32 bits per heavy atom. The van der Waals surface area contributed by atoms with Gasteiger partial charge in [-0.2, -0.15) is 0 Å². The van der Waals surface area contributed by atoms with Crippen molar-refractivity contribution in [2.24, 2.45) is 0 Å². The Balaban J connectivity index is 3.12. The molecule has 0 atom stereocenters. The molecule has 3 heteroatoms. The van der Waals surface area contributed by atoms with E-state index in [2.05, 4.69) is 26.6 Å². The van der Waals surface area contributed by atoms with Gasteiger partial charge in [-0.15, -0.1) is 6.58 Å². The van der Waals surface area contributed by atoms with E-state index in [0.29, 0.717) is 18.5 Å². The van der Waals surface area contributed by atoms with Crippen LogP contribution in [0.5, 0.6) is 0 Å². The van der Waals surface area contributed by atoms with Crippen molar-refractivity contribution in [2.75, 3.05) is 0 Å². The zero-order valence-electron chi connectivity index (χ0n) is 14.1. The van der Waals surface area contributed by atoms with E-state index in [-0.39, 0.29) is 0 Å². The van der Waals surface area contributed by atoms with E-state index < -0.39 is 5.78 Å². The average molecular weight is 303 g/mol. The van der Waals surface area contributed by atoms with Crippen molar-refractivity contribution in [1.82, 2.24) is 4.57 Å². The van der Waals surface area contributed by atoms with Crippen molar-refractivity contribution in [1.29, 1.82) is 0 Å². The number of Topliss-reactive ketones (excluding diaryl/α,β-unsaturated/α-hetero) is 1. The SMILES string of the molecule is C=CCn1cc(CCCCC)c(CCCCC)c1C(=O)C=O. The first-order valence-electron chi connectivity index (χ1n) is 8.50. The lowest BCUT2D eigenvalue weighted by Crippen LogP contribution is -2.11. The van der Waals surface area contributed by atoms with Crippen LogP contribution in [0.15, 0.2) is 18.9 Å². The molecule has 0 radical (unpaired) electrons. The lowest BCUT2D eigenvalue weighted by Gasteiger charge is -2.07. The lowest BCUT2D eigenvalue weighted by atomic mass is 9.98. The molecule has 0 saturated carbocycles. The highest BCUT2D eigenvalue weighted by Gasteiger charge is 2.20. The third kappa shape index (κ3) is 4.97. The van der Waals surface area contributed by atoms with Gasteiger partial charge >= 0.3 is 0 Å². The molecule has 22 heavy (non-hydrogen) atoms. The Labute approximate surface area is 134 Å². The molecule has 0 spiro atoms. The first-order chi connectivity index (χ1) is 10.7. The van der Waals surface area contributed by atoms with Gasteiger partial charge < -0.3 is 4.57 Å². The summed E-state index contributed by atoms with van der Waals surface area (Å²) >= 11 is 0. The smallest absolute Gasteiger partial charge is 0.241 e. The van der Waals surface area contributed by atoms with Gasteiger partial charge in [-0.25, -0.2) is 0 Å². The maximum Gasteiger partial charge on any atom is 0.241 e. The number of rotatable bonds is 12. The zero-order chi connectivity index (χ0) is 16.4. The highest BCUT2D eigenvalue weighted by Crippen LogP contribution is 2.23. The summed E-state index contributed by atoms with van der Waals surface area (Å²) in [6.45, 7) is 8.68. The summed E-state index contributed by atoms with van der Waals surface area (Å²) in [5.41, 5.74) is 2.90. The van der Waals surface area contributed by atoms with Gasteiger partial charge in [0.15, 0.2) is 6.29 Å². The number of hydrogen-bond acceptors (Lipinski definition) is 2. The van der Waals surface area contributed by atoms with Crippen molar-refractivity contribution < 1.29 is 9.59 Å². The van der Waals surface area contributed by atoms with Crippen molar-refractivity contribution in [3.8, 4) is 0 Å². The Kier molecular flexibility index (Phi) is 8.49. The second-order valence-corrected chi connectivity index (χ2v) is 5.82. The first-order valence-corrected chi connectivity index (χ1v) is 8.50. The molecule has 0 aromatic carbocycles. The Morgan fingerprint density at radius 2 is 1.77 bits per heavy atom. The molecule has 0 amide bonds. The summed E-state index contributed by atoms with van der Waals surface area (Å²) in [4.78, 5) is 23.1. The van der Waals surface area contributed by atoms with E-state index in [1.807, 2.05) is 4.57 Å². The number of ketones is 1. The number of aldehydes is 1. The zero-order valence-corrected chi connectivity index (χ0v) is 14.1. The van der Waals surface area contributed by atoms with Gasteiger partial charge in [-0.1, -0.05) is 45.6 Å². The molecule has 3 nitrogen and oxygen atoms in total. The Hall–Kier alpha value is -1.64. The minimum Gasteiger partial charge on any atom is -0.340 e. The monoisotopic (exact) mass is 303 g/mol. The normalized spacial score (nSPS) is 10.6. The molecule has 0 saturated heterocycles. The largest absolute Gasteiger partial charge is 0.340 e. The third-order valence-electron chi connectivity index (χ3n) is 4.02. The highest BCUT2D eigenvalue weighted by atomic mass is 16.2. The van der Waals surface area contributed by atoms with Gasteiger partial charge in [0.25, 0.3) is 0 Å². The van der Waals surface area contributed by atoms with Crippen LogP contribution < -0.4 is 0 Å². The van der Waals surface area contributed by atoms with E-state index in [0.717, 1.165) is 44.1 Å². The fourth-order valence-electron chi connectivity index (χ4n) is 2.90. The van der Waals surface area contributed by atoms with Gasteiger partial charge in [0.05, 0.1) is 5.69 Å². The predicted molar refractivity (Wildman–Crippen MR) is 91.5 cm³/mol. The van der Waals surface area contributed by atoms with Crippen LogP contribution in [0.4, 0.5) is 0 Å². The van der Waals surface area contributed by atoms with Crippen LogP contribution in [0, 0.1) is 0 Å². The Bertz CT molecular complexity index is 500. The van der Waals surface area contributed by atoms with Crippen LogP contribution in [0.25, 0.3) is 0 Å². The molecule has 0 aliphatic heterocycles. The molecule has 1 aromatic rings. The molecule has 1 aromatic heterocycles. The van der Waals surface area contributed by atoms with Crippen LogP contribution in [0.3, 0.4) is 0 Å². The maximum atomic E-state index is 12.1. The molecule has 0 N–H and O–H groups in total. The van der Waals surface area contributed by atoms with Crippen molar-refractivity contribution in [3.05, 3.63) is 35.7 Å². The predicted octanol–water partition coefficient (Wildman–Crippen LogP) is 4.52. The van der Waals surface area contributed by atoms with Gasteiger partial charge in [0.1, 0.15) is 0 Å². The summed E-state index contributed by atoms with van der Waals surface area (Å²) in [7, 11) is 0. The van der Waals surface area contributed by atoms with Crippen LogP contribution in [-0.4, -0.2) is 16.6 Å². The summed E-state index contributed by atoms with van der Waals surface area (Å²) in [5, 5.41) is 0. The number of carbonyl (C=O) groups excluding carboxylic acids is 2. The molecular formula is C19H29NO2. The number of carbonyl (C=O) groups is 2. The van der Waals surface area contributed by atoms with Gasteiger partial charge in [0.2, 0.25) is 5.78 Å². The van der Waals surface area contributed by atoms with E-state index in [9.17, 15) is 9.59 Å². The third-order valence-corrected chi connectivity index (χ3v) is 4.02. The second kappa shape index (κ2) is 10.1. The van der Waals surface area contributed by atoms with E-state index in [1.165, 1.54) is 18.4 Å². The number of allylic oxidation sites excluding steroid dienone is 1. The minimum absolute atomic E-state index is 0.407. The second-order valence-electron chi connectivity index (χ2n) is 5.82. The number of aryl methyl sites for hydroxylation is 1. The number of aromatic nitrogens is 1. The summed E-state index contributed by atoms with van der Waals surface area (Å²) in [6.07, 6.45) is 13.0. The lowest BCUT2D eigenvalue weighted by molar-refractivity contribution is -0.104. The summed E-state index contributed by atoms with van der Waals surface area (Å²) in [5.74, 6) is -0.407. The Morgan fingerprint density at radius 1 is 1.14 bits per heavy atom. The average Bonchev–Trinajstić information content (AvgIpc) is 2.85. The maximum absolute atomic E-state index is 12.1. The molecule has 1 heterocycles. The van der Waals surface area contributed by atoms with E-state index >= 15 is 0 Å². The summed E-state index contributed by atoms with van der Waals surface area (Å²) < 4.78 is 1.90. The number of nitrogens with zero attached hydrogens (tertiary/aromatic N) is 1. The van der Waals surface area contributed by atoms with Crippen LogP contribution >= 0.6 is 0 Å². The van der Waals surface area contributed by atoms with Crippen LogP contribution in [0.1, 0.15) is 74.0 Å². The molecule has 1 rings (SSSR count). The van der Waals surface area contributed by atoms with Gasteiger partial charge in [0, 0.05) is 12.7 Å². The van der Waals surface area contributed by atoms with E-state index in [1.54, 1.807) is 6.08 Å².